The Morgan fingerprint density at radius 3 is 2.59 bits per heavy atom. The largest absolute Gasteiger partial charge is 0.496 e. The SMILES string of the molecule is CCC(CBr)(CBr)NC(=O)c1cc(OC)cs1. The first-order valence-corrected chi connectivity index (χ1v) is 8.30. The topological polar surface area (TPSA) is 38.3 Å². The molecule has 0 aliphatic rings. The van der Waals surface area contributed by atoms with Crippen molar-refractivity contribution in [3.8, 4) is 5.75 Å². The molecule has 0 saturated carbocycles. The zero-order chi connectivity index (χ0) is 12.9. The molecule has 6 heteroatoms. The molecule has 0 saturated heterocycles. The molecule has 1 rings (SSSR count). The van der Waals surface area contributed by atoms with Crippen molar-refractivity contribution >= 4 is 49.1 Å². The molecule has 0 spiro atoms. The lowest BCUT2D eigenvalue weighted by atomic mass is 10.0. The molecule has 0 atom stereocenters. The van der Waals surface area contributed by atoms with E-state index >= 15 is 0 Å². The summed E-state index contributed by atoms with van der Waals surface area (Å²) < 4.78 is 5.07. The Labute approximate surface area is 122 Å². The van der Waals surface area contributed by atoms with Crippen LogP contribution in [-0.2, 0) is 0 Å². The summed E-state index contributed by atoms with van der Waals surface area (Å²) in [6, 6.07) is 1.75. The number of ether oxygens (including phenoxy) is 1. The van der Waals surface area contributed by atoms with Crippen molar-refractivity contribution in [2.24, 2.45) is 0 Å². The van der Waals surface area contributed by atoms with Crippen LogP contribution in [0.15, 0.2) is 11.4 Å². The van der Waals surface area contributed by atoms with Crippen molar-refractivity contribution in [3.05, 3.63) is 16.3 Å². The van der Waals surface area contributed by atoms with E-state index in [9.17, 15) is 4.79 Å². The number of carbonyl (C=O) groups is 1. The van der Waals surface area contributed by atoms with Crippen molar-refractivity contribution < 1.29 is 9.53 Å². The predicted octanol–water partition coefficient (Wildman–Crippen LogP) is 3.43. The zero-order valence-corrected chi connectivity index (χ0v) is 13.7. The summed E-state index contributed by atoms with van der Waals surface area (Å²) in [5.41, 5.74) is -0.242. The minimum absolute atomic E-state index is 0.0564. The molecule has 1 amide bonds. The number of hydrogen-bond acceptors (Lipinski definition) is 3. The number of hydrogen-bond donors (Lipinski definition) is 1. The van der Waals surface area contributed by atoms with Crippen molar-refractivity contribution in [1.82, 2.24) is 5.32 Å². The number of thiophene rings is 1. The van der Waals surface area contributed by atoms with Crippen LogP contribution >= 0.6 is 43.2 Å². The Balaban J connectivity index is 2.77. The Bertz CT molecular complexity index is 369. The molecule has 17 heavy (non-hydrogen) atoms. The molecule has 1 aromatic rings. The van der Waals surface area contributed by atoms with Gasteiger partial charge in [-0.2, -0.15) is 0 Å². The van der Waals surface area contributed by atoms with Gasteiger partial charge in [0.15, 0.2) is 0 Å². The fourth-order valence-electron chi connectivity index (χ4n) is 1.23. The molecule has 0 aliphatic heterocycles. The van der Waals surface area contributed by atoms with Gasteiger partial charge in [0.1, 0.15) is 5.75 Å². The molecule has 0 unspecified atom stereocenters. The average Bonchev–Trinajstić information content (AvgIpc) is 2.85. The number of carbonyl (C=O) groups excluding carboxylic acids is 1. The second-order valence-electron chi connectivity index (χ2n) is 3.71. The van der Waals surface area contributed by atoms with Crippen LogP contribution in [0.5, 0.6) is 5.75 Å². The Morgan fingerprint density at radius 1 is 1.53 bits per heavy atom. The molecule has 1 heterocycles. The molecule has 1 N–H and O–H groups in total. The van der Waals surface area contributed by atoms with Gasteiger partial charge in [0.2, 0.25) is 0 Å². The normalized spacial score (nSPS) is 11.3. The molecule has 0 aromatic carbocycles. The van der Waals surface area contributed by atoms with Crippen LogP contribution in [0, 0.1) is 0 Å². The molecule has 0 bridgehead atoms. The number of halogens is 2. The summed E-state index contributed by atoms with van der Waals surface area (Å²) in [7, 11) is 1.59. The fraction of sp³-hybridized carbons (Fsp3) is 0.545. The van der Waals surface area contributed by atoms with Crippen LogP contribution in [0.4, 0.5) is 0 Å². The second kappa shape index (κ2) is 6.75. The quantitative estimate of drug-likeness (QED) is 0.763. The highest BCUT2D eigenvalue weighted by Crippen LogP contribution is 2.23. The summed E-state index contributed by atoms with van der Waals surface area (Å²) in [6.07, 6.45) is 0.859. The third kappa shape index (κ3) is 3.69. The first-order chi connectivity index (χ1) is 8.10. The monoisotopic (exact) mass is 383 g/mol. The second-order valence-corrected chi connectivity index (χ2v) is 5.74. The van der Waals surface area contributed by atoms with E-state index in [0.717, 1.165) is 22.8 Å². The maximum atomic E-state index is 12.1. The van der Waals surface area contributed by atoms with Gasteiger partial charge >= 0.3 is 0 Å². The maximum Gasteiger partial charge on any atom is 0.261 e. The Kier molecular flexibility index (Phi) is 5.95. The van der Waals surface area contributed by atoms with Gasteiger partial charge in [0, 0.05) is 22.1 Å². The molecule has 0 fully saturated rings. The number of rotatable bonds is 6. The standard InChI is InChI=1S/C11H15Br2NO2S/c1-3-11(6-12,7-13)14-10(15)9-4-8(16-2)5-17-9/h4-5H,3,6-7H2,1-2H3,(H,14,15). The molecule has 96 valence electrons. The molecule has 3 nitrogen and oxygen atoms in total. The van der Waals surface area contributed by atoms with Crippen molar-refractivity contribution in [3.63, 3.8) is 0 Å². The highest BCUT2D eigenvalue weighted by Gasteiger charge is 2.28. The van der Waals surface area contributed by atoms with Gasteiger partial charge in [-0.3, -0.25) is 4.79 Å². The minimum atomic E-state index is -0.242. The molecule has 0 aliphatic carbocycles. The van der Waals surface area contributed by atoms with E-state index in [4.69, 9.17) is 4.74 Å². The highest BCUT2D eigenvalue weighted by atomic mass is 79.9. The number of nitrogens with one attached hydrogen (secondary N) is 1. The van der Waals surface area contributed by atoms with Gasteiger partial charge in [-0.25, -0.2) is 0 Å². The van der Waals surface area contributed by atoms with Gasteiger partial charge in [0.05, 0.1) is 17.5 Å². The first-order valence-electron chi connectivity index (χ1n) is 5.17. The summed E-state index contributed by atoms with van der Waals surface area (Å²) >= 11 is 8.28. The fourth-order valence-corrected chi connectivity index (χ4v) is 3.98. The minimum Gasteiger partial charge on any atom is -0.496 e. The number of amides is 1. The molecule has 0 radical (unpaired) electrons. The van der Waals surface area contributed by atoms with E-state index in [1.807, 2.05) is 5.38 Å². The number of methoxy groups -OCH3 is 1. The summed E-state index contributed by atoms with van der Waals surface area (Å²) in [4.78, 5) is 12.7. The highest BCUT2D eigenvalue weighted by molar-refractivity contribution is 9.09. The van der Waals surface area contributed by atoms with E-state index in [1.54, 1.807) is 13.2 Å². The third-order valence-corrected chi connectivity index (χ3v) is 5.66. The van der Waals surface area contributed by atoms with Gasteiger partial charge in [-0.15, -0.1) is 11.3 Å². The smallest absolute Gasteiger partial charge is 0.261 e. The number of alkyl halides is 2. The summed E-state index contributed by atoms with van der Waals surface area (Å²) in [5.74, 6) is 0.666. The van der Waals surface area contributed by atoms with E-state index < -0.39 is 0 Å². The van der Waals surface area contributed by atoms with Crippen LogP contribution in [0.1, 0.15) is 23.0 Å². The van der Waals surface area contributed by atoms with E-state index in [2.05, 4.69) is 44.1 Å². The lowest BCUT2D eigenvalue weighted by molar-refractivity contribution is 0.0919. The zero-order valence-electron chi connectivity index (χ0n) is 9.76. The van der Waals surface area contributed by atoms with Crippen molar-refractivity contribution in [2.75, 3.05) is 17.8 Å². The summed E-state index contributed by atoms with van der Waals surface area (Å²) in [6.45, 7) is 2.05. The van der Waals surface area contributed by atoms with Crippen LogP contribution < -0.4 is 10.1 Å². The Hall–Kier alpha value is -0.0700. The maximum absolute atomic E-state index is 12.1. The van der Waals surface area contributed by atoms with Crippen molar-refractivity contribution in [2.45, 2.75) is 18.9 Å². The molecular formula is C11H15Br2NO2S. The lowest BCUT2D eigenvalue weighted by Crippen LogP contribution is -2.50. The van der Waals surface area contributed by atoms with Crippen LogP contribution in [0.25, 0.3) is 0 Å². The first kappa shape index (κ1) is 15.0. The molecular weight excluding hydrogens is 370 g/mol. The molecule has 1 aromatic heterocycles. The van der Waals surface area contributed by atoms with Crippen molar-refractivity contribution in [1.29, 1.82) is 0 Å². The third-order valence-electron chi connectivity index (χ3n) is 2.60. The van der Waals surface area contributed by atoms with Gasteiger partial charge in [-0.05, 0) is 6.42 Å². The summed E-state index contributed by atoms with van der Waals surface area (Å²) in [5, 5.41) is 6.32. The lowest BCUT2D eigenvalue weighted by Gasteiger charge is -2.29. The van der Waals surface area contributed by atoms with E-state index in [0.29, 0.717) is 4.88 Å². The van der Waals surface area contributed by atoms with E-state index in [-0.39, 0.29) is 11.4 Å². The van der Waals surface area contributed by atoms with Gasteiger partial charge < -0.3 is 10.1 Å². The van der Waals surface area contributed by atoms with Crippen LogP contribution in [0.2, 0.25) is 0 Å². The van der Waals surface area contributed by atoms with E-state index in [1.165, 1.54) is 11.3 Å². The van der Waals surface area contributed by atoms with Crippen LogP contribution in [-0.4, -0.2) is 29.2 Å². The van der Waals surface area contributed by atoms with Gasteiger partial charge in [-0.1, -0.05) is 38.8 Å². The van der Waals surface area contributed by atoms with Gasteiger partial charge in [0.25, 0.3) is 5.91 Å². The average molecular weight is 385 g/mol. The predicted molar refractivity (Wildman–Crippen MR) is 78.9 cm³/mol. The Morgan fingerprint density at radius 2 is 2.18 bits per heavy atom. The van der Waals surface area contributed by atoms with Crippen LogP contribution in [0.3, 0.4) is 0 Å².